The van der Waals surface area contributed by atoms with Gasteiger partial charge in [-0.15, -0.1) is 11.6 Å². The predicted molar refractivity (Wildman–Crippen MR) is 64.3 cm³/mol. The Kier molecular flexibility index (Phi) is 3.92. The highest BCUT2D eigenvalue weighted by molar-refractivity contribution is 6.20. The molecule has 16 heavy (non-hydrogen) atoms. The zero-order chi connectivity index (χ0) is 12.3. The van der Waals surface area contributed by atoms with Gasteiger partial charge < -0.3 is 5.32 Å². The molecule has 0 heterocycles. The second-order valence-corrected chi connectivity index (χ2v) is 4.72. The summed E-state index contributed by atoms with van der Waals surface area (Å²) in [5.41, 5.74) is 0.376. The molecule has 0 spiro atoms. The van der Waals surface area contributed by atoms with Crippen molar-refractivity contribution in [2.24, 2.45) is 5.41 Å². The fourth-order valence-corrected chi connectivity index (χ4v) is 1.21. The summed E-state index contributed by atoms with van der Waals surface area (Å²) in [7, 11) is 0. The number of alkyl halides is 1. The van der Waals surface area contributed by atoms with E-state index in [1.807, 2.05) is 6.92 Å². The summed E-state index contributed by atoms with van der Waals surface area (Å²) >= 11 is 5.67. The quantitative estimate of drug-likeness (QED) is 0.811. The Morgan fingerprint density at radius 3 is 2.69 bits per heavy atom. The number of rotatable bonds is 3. The molecule has 4 heteroatoms. The largest absolute Gasteiger partial charge is 0.323 e. The number of halogens is 2. The van der Waals surface area contributed by atoms with Crippen molar-refractivity contribution < 1.29 is 9.18 Å². The van der Waals surface area contributed by atoms with Gasteiger partial charge in [0.2, 0.25) is 5.91 Å². The molecule has 0 unspecified atom stereocenters. The van der Waals surface area contributed by atoms with Gasteiger partial charge >= 0.3 is 0 Å². The van der Waals surface area contributed by atoms with Crippen molar-refractivity contribution in [3.63, 3.8) is 0 Å². The van der Waals surface area contributed by atoms with E-state index in [4.69, 9.17) is 11.6 Å². The van der Waals surface area contributed by atoms with Gasteiger partial charge in [-0.3, -0.25) is 4.79 Å². The van der Waals surface area contributed by atoms with E-state index in [0.29, 0.717) is 0 Å². The van der Waals surface area contributed by atoms with Gasteiger partial charge in [-0.1, -0.05) is 6.07 Å². The van der Waals surface area contributed by atoms with Gasteiger partial charge in [0.05, 0.1) is 11.1 Å². The molecule has 1 amide bonds. The maximum atomic E-state index is 13.4. The first-order valence-corrected chi connectivity index (χ1v) is 5.54. The van der Waals surface area contributed by atoms with Crippen LogP contribution in [0.4, 0.5) is 10.1 Å². The lowest BCUT2D eigenvalue weighted by atomic mass is 9.95. The Balaban J connectivity index is 2.89. The number of benzene rings is 1. The zero-order valence-corrected chi connectivity index (χ0v) is 10.4. The molecule has 1 N–H and O–H groups in total. The van der Waals surface area contributed by atoms with Crippen LogP contribution < -0.4 is 5.32 Å². The molecule has 0 saturated carbocycles. The lowest BCUT2D eigenvalue weighted by molar-refractivity contribution is -0.123. The molecule has 0 aliphatic rings. The third-order valence-corrected chi connectivity index (χ3v) is 2.99. The number of amides is 1. The van der Waals surface area contributed by atoms with Crippen molar-refractivity contribution in [1.29, 1.82) is 0 Å². The predicted octanol–water partition coefficient (Wildman–Crippen LogP) is 3.34. The lowest BCUT2D eigenvalue weighted by Gasteiger charge is -2.20. The second kappa shape index (κ2) is 4.83. The summed E-state index contributed by atoms with van der Waals surface area (Å²) in [5, 5.41) is 2.54. The van der Waals surface area contributed by atoms with Crippen LogP contribution in [0.1, 0.15) is 19.4 Å². The maximum Gasteiger partial charge on any atom is 0.231 e. The van der Waals surface area contributed by atoms with Gasteiger partial charge in [-0.05, 0) is 38.5 Å². The van der Waals surface area contributed by atoms with Gasteiger partial charge in [-0.25, -0.2) is 4.39 Å². The highest BCUT2D eigenvalue weighted by Crippen LogP contribution is 2.22. The Bertz CT molecular complexity index is 404. The van der Waals surface area contributed by atoms with Crippen LogP contribution in [-0.2, 0) is 4.79 Å². The minimum atomic E-state index is -0.711. The van der Waals surface area contributed by atoms with E-state index in [1.165, 1.54) is 6.07 Å². The van der Waals surface area contributed by atoms with E-state index in [-0.39, 0.29) is 17.5 Å². The standard InChI is InChI=1S/C12H15ClFNO/c1-8-4-5-9(14)10(6-8)15-11(16)12(2,3)7-13/h4-6H,7H2,1-3H3,(H,15,16). The van der Waals surface area contributed by atoms with Crippen molar-refractivity contribution in [2.75, 3.05) is 11.2 Å². The molecular weight excluding hydrogens is 229 g/mol. The summed E-state index contributed by atoms with van der Waals surface area (Å²) < 4.78 is 13.4. The van der Waals surface area contributed by atoms with Crippen LogP contribution in [-0.4, -0.2) is 11.8 Å². The van der Waals surface area contributed by atoms with Gasteiger partial charge in [0.25, 0.3) is 0 Å². The number of anilines is 1. The van der Waals surface area contributed by atoms with Crippen LogP contribution in [0.2, 0.25) is 0 Å². The van der Waals surface area contributed by atoms with E-state index in [9.17, 15) is 9.18 Å². The number of hydrogen-bond donors (Lipinski definition) is 1. The normalized spacial score (nSPS) is 11.3. The van der Waals surface area contributed by atoms with E-state index >= 15 is 0 Å². The molecule has 0 aliphatic heterocycles. The molecule has 88 valence electrons. The molecule has 0 bridgehead atoms. The van der Waals surface area contributed by atoms with Gasteiger partial charge in [0, 0.05) is 5.88 Å². The van der Waals surface area contributed by atoms with Crippen LogP contribution in [0.5, 0.6) is 0 Å². The van der Waals surface area contributed by atoms with Gasteiger partial charge in [0.1, 0.15) is 5.82 Å². The average molecular weight is 244 g/mol. The van der Waals surface area contributed by atoms with Crippen molar-refractivity contribution in [3.05, 3.63) is 29.6 Å². The van der Waals surface area contributed by atoms with Crippen molar-refractivity contribution in [2.45, 2.75) is 20.8 Å². The summed E-state index contributed by atoms with van der Waals surface area (Å²) in [6, 6.07) is 4.58. The molecule has 0 aliphatic carbocycles. The molecule has 0 radical (unpaired) electrons. The smallest absolute Gasteiger partial charge is 0.231 e. The lowest BCUT2D eigenvalue weighted by Crippen LogP contribution is -2.32. The minimum absolute atomic E-state index is 0.187. The maximum absolute atomic E-state index is 13.4. The Morgan fingerprint density at radius 1 is 1.50 bits per heavy atom. The molecule has 0 fully saturated rings. The number of aryl methyl sites for hydroxylation is 1. The molecule has 1 rings (SSSR count). The van der Waals surface area contributed by atoms with Crippen LogP contribution >= 0.6 is 11.6 Å². The van der Waals surface area contributed by atoms with Crippen molar-refractivity contribution in [3.8, 4) is 0 Å². The van der Waals surface area contributed by atoms with E-state index in [2.05, 4.69) is 5.32 Å². The molecule has 1 aromatic rings. The van der Waals surface area contributed by atoms with Crippen LogP contribution in [0, 0.1) is 18.2 Å². The number of carbonyl (C=O) groups is 1. The second-order valence-electron chi connectivity index (χ2n) is 4.45. The van der Waals surface area contributed by atoms with E-state index in [1.54, 1.807) is 26.0 Å². The summed E-state index contributed by atoms with van der Waals surface area (Å²) in [4.78, 5) is 11.8. The van der Waals surface area contributed by atoms with E-state index < -0.39 is 11.2 Å². The number of carbonyl (C=O) groups excluding carboxylic acids is 1. The number of nitrogens with one attached hydrogen (secondary N) is 1. The number of hydrogen-bond acceptors (Lipinski definition) is 1. The Labute approximate surface area is 99.8 Å². The molecule has 0 atom stereocenters. The van der Waals surface area contributed by atoms with Crippen LogP contribution in [0.3, 0.4) is 0 Å². The average Bonchev–Trinajstić information content (AvgIpc) is 2.23. The monoisotopic (exact) mass is 243 g/mol. The Morgan fingerprint density at radius 2 is 2.12 bits per heavy atom. The molecule has 0 saturated heterocycles. The van der Waals surface area contributed by atoms with Gasteiger partial charge in [-0.2, -0.15) is 0 Å². The highest BCUT2D eigenvalue weighted by Gasteiger charge is 2.27. The van der Waals surface area contributed by atoms with Crippen LogP contribution in [0.15, 0.2) is 18.2 Å². The third-order valence-electron chi connectivity index (χ3n) is 2.32. The molecule has 2 nitrogen and oxygen atoms in total. The van der Waals surface area contributed by atoms with Crippen LogP contribution in [0.25, 0.3) is 0 Å². The Hall–Kier alpha value is -1.09. The van der Waals surface area contributed by atoms with E-state index in [0.717, 1.165) is 5.56 Å². The first-order chi connectivity index (χ1) is 7.36. The fourth-order valence-electron chi connectivity index (χ4n) is 1.09. The third kappa shape index (κ3) is 2.95. The first kappa shape index (κ1) is 13.0. The molecular formula is C12H15ClFNO. The highest BCUT2D eigenvalue weighted by atomic mass is 35.5. The SMILES string of the molecule is Cc1ccc(F)c(NC(=O)C(C)(C)CCl)c1. The molecule has 0 aromatic heterocycles. The first-order valence-electron chi connectivity index (χ1n) is 5.00. The fraction of sp³-hybridized carbons (Fsp3) is 0.417. The minimum Gasteiger partial charge on any atom is -0.323 e. The van der Waals surface area contributed by atoms with Crippen molar-refractivity contribution in [1.82, 2.24) is 0 Å². The topological polar surface area (TPSA) is 29.1 Å². The summed E-state index contributed by atoms with van der Waals surface area (Å²) in [6.45, 7) is 5.26. The summed E-state index contributed by atoms with van der Waals surface area (Å²) in [6.07, 6.45) is 0. The summed E-state index contributed by atoms with van der Waals surface area (Å²) in [5.74, 6) is -0.539. The van der Waals surface area contributed by atoms with Gasteiger partial charge in [0.15, 0.2) is 0 Å². The van der Waals surface area contributed by atoms with Crippen molar-refractivity contribution >= 4 is 23.2 Å². The molecule has 1 aromatic carbocycles. The zero-order valence-electron chi connectivity index (χ0n) is 9.60.